The number of ether oxygens (including phenoxy) is 1. The third-order valence-corrected chi connectivity index (χ3v) is 6.50. The average molecular weight is 386 g/mol. The summed E-state index contributed by atoms with van der Waals surface area (Å²) in [5.41, 5.74) is 2.09. The van der Waals surface area contributed by atoms with Crippen LogP contribution < -0.4 is 4.74 Å². The van der Waals surface area contributed by atoms with Gasteiger partial charge in [0, 0.05) is 43.0 Å². The molecule has 2 fully saturated rings. The van der Waals surface area contributed by atoms with Crippen LogP contribution in [0.3, 0.4) is 0 Å². The van der Waals surface area contributed by atoms with Crippen LogP contribution in [0.4, 0.5) is 0 Å². The maximum absolute atomic E-state index is 12.6. The molecule has 144 valence electrons. The van der Waals surface area contributed by atoms with Crippen LogP contribution in [-0.4, -0.2) is 54.0 Å². The van der Waals surface area contributed by atoms with Gasteiger partial charge in [-0.1, -0.05) is 25.0 Å². The highest BCUT2D eigenvalue weighted by Crippen LogP contribution is 2.28. The SMILES string of the molecule is COc1cccc(-c2csc(CN3CCN(C(=O)C4CCCC4)CC3)n2)c1. The zero-order chi connectivity index (χ0) is 18.6. The summed E-state index contributed by atoms with van der Waals surface area (Å²) in [6.07, 6.45) is 4.61. The maximum Gasteiger partial charge on any atom is 0.225 e. The Morgan fingerprint density at radius 1 is 1.22 bits per heavy atom. The number of carbonyl (C=O) groups is 1. The Morgan fingerprint density at radius 2 is 2.00 bits per heavy atom. The first kappa shape index (κ1) is 18.4. The van der Waals surface area contributed by atoms with Crippen LogP contribution in [0, 0.1) is 5.92 Å². The van der Waals surface area contributed by atoms with E-state index in [1.807, 2.05) is 18.2 Å². The van der Waals surface area contributed by atoms with E-state index in [0.717, 1.165) is 67.6 Å². The molecule has 1 saturated heterocycles. The summed E-state index contributed by atoms with van der Waals surface area (Å²) in [7, 11) is 1.68. The van der Waals surface area contributed by atoms with Gasteiger partial charge in [-0.25, -0.2) is 4.98 Å². The highest BCUT2D eigenvalue weighted by atomic mass is 32.1. The molecule has 0 bridgehead atoms. The quantitative estimate of drug-likeness (QED) is 0.788. The number of hydrogen-bond donors (Lipinski definition) is 0. The molecular formula is C21H27N3O2S. The van der Waals surface area contributed by atoms with E-state index in [1.165, 1.54) is 12.8 Å². The Morgan fingerprint density at radius 3 is 2.74 bits per heavy atom. The van der Waals surface area contributed by atoms with E-state index in [4.69, 9.17) is 9.72 Å². The molecule has 0 N–H and O–H groups in total. The van der Waals surface area contributed by atoms with E-state index in [1.54, 1.807) is 18.4 Å². The zero-order valence-corrected chi connectivity index (χ0v) is 16.7. The third kappa shape index (κ3) is 4.33. The molecule has 1 aliphatic carbocycles. The molecule has 2 heterocycles. The molecule has 2 aliphatic rings. The highest BCUT2D eigenvalue weighted by molar-refractivity contribution is 7.09. The molecule has 0 atom stereocenters. The van der Waals surface area contributed by atoms with Crippen molar-refractivity contribution in [3.63, 3.8) is 0 Å². The lowest BCUT2D eigenvalue weighted by Crippen LogP contribution is -2.49. The average Bonchev–Trinajstić information content (AvgIpc) is 3.40. The number of benzene rings is 1. The van der Waals surface area contributed by atoms with Crippen LogP contribution in [0.15, 0.2) is 29.6 Å². The van der Waals surface area contributed by atoms with E-state index in [0.29, 0.717) is 11.8 Å². The molecule has 0 radical (unpaired) electrons. The second-order valence-electron chi connectivity index (χ2n) is 7.44. The van der Waals surface area contributed by atoms with Crippen molar-refractivity contribution in [1.29, 1.82) is 0 Å². The summed E-state index contributed by atoms with van der Waals surface area (Å²) in [5.74, 6) is 1.53. The molecule has 4 rings (SSSR count). The summed E-state index contributed by atoms with van der Waals surface area (Å²) < 4.78 is 5.31. The van der Waals surface area contributed by atoms with Gasteiger partial charge in [0.15, 0.2) is 0 Å². The van der Waals surface area contributed by atoms with Crippen LogP contribution in [0.2, 0.25) is 0 Å². The Hall–Kier alpha value is -1.92. The largest absolute Gasteiger partial charge is 0.497 e. The van der Waals surface area contributed by atoms with Crippen molar-refractivity contribution in [2.24, 2.45) is 5.92 Å². The fourth-order valence-electron chi connectivity index (χ4n) is 4.05. The van der Waals surface area contributed by atoms with Gasteiger partial charge in [0.05, 0.1) is 19.3 Å². The Labute approximate surface area is 165 Å². The summed E-state index contributed by atoms with van der Waals surface area (Å²) in [5, 5.41) is 3.24. The number of rotatable bonds is 5. The Balaban J connectivity index is 1.32. The van der Waals surface area contributed by atoms with Gasteiger partial charge in [-0.3, -0.25) is 9.69 Å². The summed E-state index contributed by atoms with van der Waals surface area (Å²) in [6, 6.07) is 8.03. The first-order chi connectivity index (χ1) is 13.2. The molecular weight excluding hydrogens is 358 g/mol. The van der Waals surface area contributed by atoms with Gasteiger partial charge in [0.2, 0.25) is 5.91 Å². The molecule has 1 aromatic carbocycles. The topological polar surface area (TPSA) is 45.7 Å². The van der Waals surface area contributed by atoms with Crippen molar-refractivity contribution >= 4 is 17.2 Å². The lowest BCUT2D eigenvalue weighted by atomic mass is 10.1. The van der Waals surface area contributed by atoms with Crippen molar-refractivity contribution in [2.75, 3.05) is 33.3 Å². The van der Waals surface area contributed by atoms with Crippen molar-refractivity contribution in [2.45, 2.75) is 32.2 Å². The van der Waals surface area contributed by atoms with Gasteiger partial charge in [-0.15, -0.1) is 11.3 Å². The normalized spacial score (nSPS) is 18.8. The monoisotopic (exact) mass is 385 g/mol. The molecule has 0 unspecified atom stereocenters. The molecule has 5 nitrogen and oxygen atoms in total. The molecule has 0 spiro atoms. The third-order valence-electron chi connectivity index (χ3n) is 5.66. The first-order valence-corrected chi connectivity index (χ1v) is 10.7. The van der Waals surface area contributed by atoms with Gasteiger partial charge in [0.1, 0.15) is 10.8 Å². The minimum absolute atomic E-state index is 0.293. The van der Waals surface area contributed by atoms with Crippen LogP contribution >= 0.6 is 11.3 Å². The molecule has 27 heavy (non-hydrogen) atoms. The van der Waals surface area contributed by atoms with E-state index in [2.05, 4.69) is 21.2 Å². The standard InChI is InChI=1S/C21H27N3O2S/c1-26-18-8-4-7-17(13-18)19-15-27-20(22-19)14-23-9-11-24(12-10-23)21(25)16-5-2-3-6-16/h4,7-8,13,15-16H,2-3,5-6,9-12,14H2,1H3. The van der Waals surface area contributed by atoms with Crippen LogP contribution in [0.25, 0.3) is 11.3 Å². The predicted octanol–water partition coefficient (Wildman–Crippen LogP) is 3.65. The van der Waals surface area contributed by atoms with Gasteiger partial charge in [-0.05, 0) is 25.0 Å². The van der Waals surface area contributed by atoms with E-state index in [9.17, 15) is 4.79 Å². The number of aromatic nitrogens is 1. The van der Waals surface area contributed by atoms with E-state index in [-0.39, 0.29) is 0 Å². The number of methoxy groups -OCH3 is 1. The lowest BCUT2D eigenvalue weighted by molar-refractivity contribution is -0.137. The van der Waals surface area contributed by atoms with Crippen LogP contribution in [0.5, 0.6) is 5.75 Å². The van der Waals surface area contributed by atoms with Gasteiger partial charge in [0.25, 0.3) is 0 Å². The second-order valence-corrected chi connectivity index (χ2v) is 8.38. The number of carbonyl (C=O) groups excluding carboxylic acids is 1. The predicted molar refractivity (Wildman–Crippen MR) is 108 cm³/mol. The van der Waals surface area contributed by atoms with Crippen molar-refractivity contribution in [3.05, 3.63) is 34.7 Å². The number of piperazine rings is 1. The number of nitrogens with zero attached hydrogens (tertiary/aromatic N) is 3. The molecule has 2 aromatic rings. The van der Waals surface area contributed by atoms with Crippen LogP contribution in [-0.2, 0) is 11.3 Å². The number of thiazole rings is 1. The summed E-state index contributed by atoms with van der Waals surface area (Å²) in [4.78, 5) is 21.9. The summed E-state index contributed by atoms with van der Waals surface area (Å²) >= 11 is 1.70. The minimum atomic E-state index is 0.293. The van der Waals surface area contributed by atoms with Gasteiger partial charge >= 0.3 is 0 Å². The maximum atomic E-state index is 12.6. The Kier molecular flexibility index (Phi) is 5.74. The minimum Gasteiger partial charge on any atom is -0.497 e. The Bertz CT molecular complexity index is 777. The fourth-order valence-corrected chi connectivity index (χ4v) is 4.89. The fraction of sp³-hybridized carbons (Fsp3) is 0.524. The van der Waals surface area contributed by atoms with Crippen molar-refractivity contribution in [1.82, 2.24) is 14.8 Å². The zero-order valence-electron chi connectivity index (χ0n) is 15.9. The number of hydrogen-bond acceptors (Lipinski definition) is 5. The molecule has 1 aliphatic heterocycles. The lowest BCUT2D eigenvalue weighted by Gasteiger charge is -2.35. The molecule has 1 aromatic heterocycles. The van der Waals surface area contributed by atoms with E-state index >= 15 is 0 Å². The molecule has 6 heteroatoms. The summed E-state index contributed by atoms with van der Waals surface area (Å²) in [6.45, 7) is 4.44. The second kappa shape index (κ2) is 8.40. The van der Waals surface area contributed by atoms with Gasteiger partial charge in [-0.2, -0.15) is 0 Å². The van der Waals surface area contributed by atoms with Crippen molar-refractivity contribution in [3.8, 4) is 17.0 Å². The smallest absolute Gasteiger partial charge is 0.225 e. The molecule has 1 saturated carbocycles. The first-order valence-electron chi connectivity index (χ1n) is 9.83. The van der Waals surface area contributed by atoms with Crippen LogP contribution in [0.1, 0.15) is 30.7 Å². The highest BCUT2D eigenvalue weighted by Gasteiger charge is 2.29. The van der Waals surface area contributed by atoms with Crippen molar-refractivity contribution < 1.29 is 9.53 Å². The number of amides is 1. The van der Waals surface area contributed by atoms with E-state index < -0.39 is 0 Å². The molecule has 1 amide bonds. The van der Waals surface area contributed by atoms with Gasteiger partial charge < -0.3 is 9.64 Å².